The van der Waals surface area contributed by atoms with Crippen molar-refractivity contribution < 1.29 is 9.52 Å². The molecule has 2 aromatic rings. The molecule has 0 saturated carbocycles. The monoisotopic (exact) mass is 249 g/mol. The summed E-state index contributed by atoms with van der Waals surface area (Å²) in [4.78, 5) is 4.00. The Labute approximate surface area is 106 Å². The van der Waals surface area contributed by atoms with Crippen molar-refractivity contribution in [2.75, 3.05) is 6.54 Å². The minimum atomic E-state index is -0.0368. The van der Waals surface area contributed by atoms with Gasteiger partial charge in [0.05, 0.1) is 12.9 Å². The fourth-order valence-corrected chi connectivity index (χ4v) is 1.78. The zero-order valence-electron chi connectivity index (χ0n) is 10.4. The number of unbranched alkanes of at least 4 members (excludes halogenated alkanes) is 1. The standard InChI is InChI=1S/C13H19N3O2/c17-10-13-4-3-12(18-13)9-14-5-1-2-7-16-8-6-15-11-16/h3-4,6,8,11,14,17H,1-2,5,7,9-10H2. The minimum Gasteiger partial charge on any atom is -0.462 e. The Bertz CT molecular complexity index is 437. The van der Waals surface area contributed by atoms with E-state index in [4.69, 9.17) is 9.52 Å². The van der Waals surface area contributed by atoms with Gasteiger partial charge < -0.3 is 19.4 Å². The first kappa shape index (κ1) is 12.9. The van der Waals surface area contributed by atoms with Gasteiger partial charge in [0.15, 0.2) is 0 Å². The number of aromatic nitrogens is 2. The van der Waals surface area contributed by atoms with Crippen molar-refractivity contribution in [3.63, 3.8) is 0 Å². The van der Waals surface area contributed by atoms with Crippen LogP contribution in [-0.4, -0.2) is 21.2 Å². The molecule has 0 aromatic carbocycles. The Morgan fingerprint density at radius 1 is 1.28 bits per heavy atom. The van der Waals surface area contributed by atoms with Crippen LogP contribution in [0.4, 0.5) is 0 Å². The summed E-state index contributed by atoms with van der Waals surface area (Å²) in [5.74, 6) is 1.49. The second kappa shape index (κ2) is 6.98. The number of furan rings is 1. The average molecular weight is 249 g/mol. The molecule has 0 atom stereocenters. The van der Waals surface area contributed by atoms with Crippen molar-refractivity contribution in [2.45, 2.75) is 32.5 Å². The van der Waals surface area contributed by atoms with Gasteiger partial charge in [-0.2, -0.15) is 0 Å². The van der Waals surface area contributed by atoms with Gasteiger partial charge in [0.1, 0.15) is 18.1 Å². The zero-order chi connectivity index (χ0) is 12.6. The van der Waals surface area contributed by atoms with E-state index in [0.717, 1.165) is 31.7 Å². The molecule has 18 heavy (non-hydrogen) atoms. The summed E-state index contributed by atoms with van der Waals surface area (Å²) in [5, 5.41) is 12.2. The molecule has 0 amide bonds. The van der Waals surface area contributed by atoms with Crippen LogP contribution in [0.5, 0.6) is 0 Å². The van der Waals surface area contributed by atoms with E-state index < -0.39 is 0 Å². The van der Waals surface area contributed by atoms with Crippen LogP contribution in [0.25, 0.3) is 0 Å². The molecule has 0 unspecified atom stereocenters. The smallest absolute Gasteiger partial charge is 0.129 e. The lowest BCUT2D eigenvalue weighted by Gasteiger charge is -2.03. The SMILES string of the molecule is OCc1ccc(CNCCCCn2ccnc2)o1. The maximum atomic E-state index is 8.86. The molecule has 5 nitrogen and oxygen atoms in total. The van der Waals surface area contributed by atoms with Crippen LogP contribution in [0.3, 0.4) is 0 Å². The summed E-state index contributed by atoms with van der Waals surface area (Å²) in [6.07, 6.45) is 7.86. The second-order valence-corrected chi connectivity index (χ2v) is 4.21. The molecule has 0 spiro atoms. The molecule has 5 heteroatoms. The lowest BCUT2D eigenvalue weighted by Crippen LogP contribution is -2.14. The first-order valence-corrected chi connectivity index (χ1v) is 6.23. The van der Waals surface area contributed by atoms with Crippen molar-refractivity contribution in [1.29, 1.82) is 0 Å². The van der Waals surface area contributed by atoms with Gasteiger partial charge in [-0.05, 0) is 31.5 Å². The number of hydrogen-bond acceptors (Lipinski definition) is 4. The lowest BCUT2D eigenvalue weighted by molar-refractivity contribution is 0.242. The highest BCUT2D eigenvalue weighted by atomic mass is 16.4. The number of rotatable bonds is 8. The molecule has 0 bridgehead atoms. The van der Waals surface area contributed by atoms with Crippen LogP contribution >= 0.6 is 0 Å². The maximum Gasteiger partial charge on any atom is 0.129 e. The number of hydrogen-bond donors (Lipinski definition) is 2. The predicted molar refractivity (Wildman–Crippen MR) is 67.8 cm³/mol. The summed E-state index contributed by atoms with van der Waals surface area (Å²) >= 11 is 0. The number of aryl methyl sites for hydroxylation is 1. The molecule has 0 aliphatic heterocycles. The van der Waals surface area contributed by atoms with Crippen LogP contribution in [0.2, 0.25) is 0 Å². The molecule has 2 rings (SSSR count). The molecule has 2 aromatic heterocycles. The topological polar surface area (TPSA) is 63.2 Å². The summed E-state index contributed by atoms with van der Waals surface area (Å²) < 4.78 is 7.46. The van der Waals surface area contributed by atoms with Crippen molar-refractivity contribution in [1.82, 2.24) is 14.9 Å². The number of nitrogens with one attached hydrogen (secondary N) is 1. The fraction of sp³-hybridized carbons (Fsp3) is 0.462. The van der Waals surface area contributed by atoms with Gasteiger partial charge in [0, 0.05) is 18.9 Å². The van der Waals surface area contributed by atoms with Gasteiger partial charge in [-0.3, -0.25) is 0 Å². The third-order valence-electron chi connectivity index (χ3n) is 2.75. The van der Waals surface area contributed by atoms with E-state index >= 15 is 0 Å². The van der Waals surface area contributed by atoms with Crippen LogP contribution < -0.4 is 5.32 Å². The highest BCUT2D eigenvalue weighted by Gasteiger charge is 1.99. The van der Waals surface area contributed by atoms with Crippen molar-refractivity contribution in [2.24, 2.45) is 0 Å². The largest absolute Gasteiger partial charge is 0.462 e. The quantitative estimate of drug-likeness (QED) is 0.697. The molecular formula is C13H19N3O2. The number of nitrogens with zero attached hydrogens (tertiary/aromatic N) is 2. The third kappa shape index (κ3) is 4.01. The fourth-order valence-electron chi connectivity index (χ4n) is 1.78. The first-order valence-electron chi connectivity index (χ1n) is 6.23. The molecular weight excluding hydrogens is 230 g/mol. The number of imidazole rings is 1. The van der Waals surface area contributed by atoms with E-state index in [1.54, 1.807) is 12.3 Å². The molecule has 0 radical (unpaired) electrons. The highest BCUT2D eigenvalue weighted by Crippen LogP contribution is 2.07. The predicted octanol–water partition coefficient (Wildman–Crippen LogP) is 1.54. The molecule has 0 fully saturated rings. The third-order valence-corrected chi connectivity index (χ3v) is 2.75. The van der Waals surface area contributed by atoms with E-state index in [-0.39, 0.29) is 6.61 Å². The van der Waals surface area contributed by atoms with Crippen LogP contribution in [-0.2, 0) is 19.7 Å². The van der Waals surface area contributed by atoms with Gasteiger partial charge >= 0.3 is 0 Å². The van der Waals surface area contributed by atoms with E-state index in [1.807, 2.05) is 18.6 Å². The van der Waals surface area contributed by atoms with Crippen LogP contribution in [0.1, 0.15) is 24.4 Å². The maximum absolute atomic E-state index is 8.86. The van der Waals surface area contributed by atoms with E-state index in [2.05, 4.69) is 14.9 Å². The molecule has 98 valence electrons. The van der Waals surface area contributed by atoms with E-state index in [0.29, 0.717) is 12.3 Å². The Kier molecular flexibility index (Phi) is 4.99. The molecule has 0 saturated heterocycles. The summed E-state index contributed by atoms with van der Waals surface area (Å²) in [6.45, 7) is 2.65. The van der Waals surface area contributed by atoms with Crippen molar-refractivity contribution in [3.8, 4) is 0 Å². The molecule has 2 N–H and O–H groups in total. The van der Waals surface area contributed by atoms with E-state index in [9.17, 15) is 0 Å². The Morgan fingerprint density at radius 3 is 2.89 bits per heavy atom. The number of aliphatic hydroxyl groups is 1. The number of aliphatic hydroxyl groups excluding tert-OH is 1. The Hall–Kier alpha value is -1.59. The normalized spacial score (nSPS) is 10.9. The summed E-state index contributed by atoms with van der Waals surface area (Å²) in [7, 11) is 0. The minimum absolute atomic E-state index is 0.0368. The van der Waals surface area contributed by atoms with Gasteiger partial charge in [0.2, 0.25) is 0 Å². The second-order valence-electron chi connectivity index (χ2n) is 4.21. The average Bonchev–Trinajstić information content (AvgIpc) is 3.04. The molecule has 0 aliphatic carbocycles. The zero-order valence-corrected chi connectivity index (χ0v) is 10.4. The highest BCUT2D eigenvalue weighted by molar-refractivity contribution is 5.05. The Balaban J connectivity index is 1.53. The van der Waals surface area contributed by atoms with Crippen molar-refractivity contribution in [3.05, 3.63) is 42.4 Å². The first-order chi connectivity index (χ1) is 8.88. The summed E-state index contributed by atoms with van der Waals surface area (Å²) in [6, 6.07) is 3.69. The van der Waals surface area contributed by atoms with Crippen LogP contribution in [0.15, 0.2) is 35.3 Å². The van der Waals surface area contributed by atoms with Gasteiger partial charge in [-0.1, -0.05) is 0 Å². The Morgan fingerprint density at radius 2 is 2.17 bits per heavy atom. The van der Waals surface area contributed by atoms with Gasteiger partial charge in [-0.25, -0.2) is 4.98 Å². The van der Waals surface area contributed by atoms with Gasteiger partial charge in [0.25, 0.3) is 0 Å². The van der Waals surface area contributed by atoms with E-state index in [1.165, 1.54) is 0 Å². The molecule has 2 heterocycles. The summed E-state index contributed by atoms with van der Waals surface area (Å²) in [5.41, 5.74) is 0. The van der Waals surface area contributed by atoms with Crippen molar-refractivity contribution >= 4 is 0 Å². The van der Waals surface area contributed by atoms with Crippen LogP contribution in [0, 0.1) is 0 Å². The van der Waals surface area contributed by atoms with Gasteiger partial charge in [-0.15, -0.1) is 0 Å². The molecule has 0 aliphatic rings. The lowest BCUT2D eigenvalue weighted by atomic mass is 10.3.